The van der Waals surface area contributed by atoms with Gasteiger partial charge in [0.15, 0.2) is 17.4 Å². The molecule has 0 bridgehead atoms. The molecule has 0 radical (unpaired) electrons. The Hall–Kier alpha value is -3.13. The second kappa shape index (κ2) is 12.2. The van der Waals surface area contributed by atoms with Crippen molar-refractivity contribution < 1.29 is 95.2 Å². The van der Waals surface area contributed by atoms with E-state index >= 15 is 0 Å². The molecular weight excluding hydrogens is 749 g/mol. The monoisotopic (exact) mass is 775 g/mol. The molecular formula is C21H26N6O20P3+. The number of allylic oxidation sites excluding steroid dienone is 1. The Balaban J connectivity index is 0.988. The highest BCUT2D eigenvalue weighted by atomic mass is 31.3. The van der Waals surface area contributed by atoms with E-state index in [4.69, 9.17) is 28.2 Å². The molecule has 7 rings (SSSR count). The van der Waals surface area contributed by atoms with Crippen LogP contribution >= 0.6 is 23.5 Å². The van der Waals surface area contributed by atoms with Crippen molar-refractivity contribution in [3.63, 3.8) is 0 Å². The summed E-state index contributed by atoms with van der Waals surface area (Å²) >= 11 is 0. The van der Waals surface area contributed by atoms with Gasteiger partial charge in [0.05, 0.1) is 30.2 Å². The molecule has 26 nitrogen and oxygen atoms in total. The zero-order valence-electron chi connectivity index (χ0n) is 24.5. The average molecular weight is 775 g/mol. The summed E-state index contributed by atoms with van der Waals surface area (Å²) in [6, 6.07) is 0. The maximum atomic E-state index is 12.6. The fourth-order valence-electron chi connectivity index (χ4n) is 5.72. The Morgan fingerprint density at radius 3 is 2.32 bits per heavy atom. The number of nitrogens with zero attached hydrogens (tertiary/aromatic N) is 6. The Morgan fingerprint density at radius 2 is 1.68 bits per heavy atom. The van der Waals surface area contributed by atoms with Crippen LogP contribution in [0.2, 0.25) is 0 Å². The van der Waals surface area contributed by atoms with Gasteiger partial charge in [-0.05, 0) is 0 Å². The minimum atomic E-state index is -5.55. The first-order chi connectivity index (χ1) is 23.4. The van der Waals surface area contributed by atoms with Gasteiger partial charge in [0.2, 0.25) is 11.5 Å². The number of fused-ring (bicyclic) bond motifs is 4. The summed E-state index contributed by atoms with van der Waals surface area (Å²) in [5.41, 5.74) is -1.15. The molecule has 3 aromatic heterocycles. The first-order valence-electron chi connectivity index (χ1n) is 14.0. The van der Waals surface area contributed by atoms with Crippen LogP contribution in [0.15, 0.2) is 45.6 Å². The van der Waals surface area contributed by atoms with Gasteiger partial charge in [-0.25, -0.2) is 28.6 Å². The van der Waals surface area contributed by atoms with Gasteiger partial charge in [0.25, 0.3) is 0 Å². The van der Waals surface area contributed by atoms with E-state index in [9.17, 15) is 53.4 Å². The summed E-state index contributed by atoms with van der Waals surface area (Å²) < 4.78 is 76.9. The summed E-state index contributed by atoms with van der Waals surface area (Å²) in [4.78, 5) is 64.8. The third-order valence-electron chi connectivity index (χ3n) is 7.98. The normalized spacial score (nSPS) is 33.3. The molecule has 0 aliphatic carbocycles. The molecule has 50 heavy (non-hydrogen) atoms. The quantitative estimate of drug-likeness (QED) is 0.0403. The fourth-order valence-corrected chi connectivity index (χ4v) is 8.35. The number of aromatic nitrogens is 5. The minimum absolute atomic E-state index is 0.0185. The van der Waals surface area contributed by atoms with Crippen LogP contribution in [0, 0.1) is 0 Å². The number of phosphoric acid groups is 3. The molecule has 7 heterocycles. The molecule has 10 atom stereocenters. The zero-order valence-corrected chi connectivity index (χ0v) is 27.2. The number of rotatable bonds is 13. The number of aliphatic hydroxyl groups excluding tert-OH is 3. The summed E-state index contributed by atoms with van der Waals surface area (Å²) in [6.07, 6.45) is -6.99. The molecule has 0 amide bonds. The third kappa shape index (κ3) is 6.43. The smallest absolute Gasteiger partial charge is 0.546 e. The van der Waals surface area contributed by atoms with Crippen LogP contribution in [0.25, 0.3) is 17.0 Å². The fraction of sp³-hybridized carbons (Fsp3) is 0.524. The summed E-state index contributed by atoms with van der Waals surface area (Å²) in [5.74, 6) is -0.936. The van der Waals surface area contributed by atoms with E-state index in [1.807, 2.05) is 0 Å². The van der Waals surface area contributed by atoms with Crippen molar-refractivity contribution in [2.45, 2.75) is 55.0 Å². The largest absolute Gasteiger partial charge is 0.561 e. The summed E-state index contributed by atoms with van der Waals surface area (Å²) in [7, 11) is -16.3. The number of aliphatic hydroxyl groups is 3. The van der Waals surface area contributed by atoms with Gasteiger partial charge < -0.3 is 54.4 Å². The standard InChI is InChI=1S/C21H25N6O20P3/c28-13-9(42-19(15(13)44-48(33,34)35)25-7-24-12-17(25)22-6-23-18(12)27-45-46-27)4-40-49(36,37)47-50(38,39)41-5-10-14(29)16(30)21(43-10)11-2-1-8(20(31)32)3-26(11)21/h2-3,6-7,9-10,13-16,19,28-30H,1,4-5H2,(H,31,32)(H,36,37)(H,38,39)(H2,33,34,35)/p+1/t9-,10-,13-,14-,15-,16-,19+,21-,26?/m1/s1. The van der Waals surface area contributed by atoms with Gasteiger partial charge >= 0.3 is 29.4 Å². The number of hydrogen-bond acceptors (Lipinski definition) is 19. The Labute approximate surface area is 275 Å². The molecule has 2 unspecified atom stereocenters. The lowest BCUT2D eigenvalue weighted by atomic mass is 10.1. The molecule has 29 heteroatoms. The molecule has 4 aliphatic heterocycles. The number of carbonyl (C=O) groups is 1. The molecule has 3 fully saturated rings. The molecule has 3 aromatic rings. The van der Waals surface area contributed by atoms with Crippen molar-refractivity contribution in [1.82, 2.24) is 29.3 Å². The lowest BCUT2D eigenvalue weighted by Crippen LogP contribution is -2.36. The van der Waals surface area contributed by atoms with Crippen molar-refractivity contribution in [1.29, 1.82) is 0 Å². The van der Waals surface area contributed by atoms with Crippen molar-refractivity contribution in [3.8, 4) is 5.82 Å². The van der Waals surface area contributed by atoms with Crippen LogP contribution in [0.1, 0.15) is 12.6 Å². The highest BCUT2D eigenvalue weighted by Gasteiger charge is 2.72. The molecule has 3 saturated heterocycles. The maximum Gasteiger partial charge on any atom is 0.546 e. The van der Waals surface area contributed by atoms with Crippen molar-refractivity contribution >= 4 is 40.6 Å². The number of imidazole rings is 1. The lowest BCUT2D eigenvalue weighted by Gasteiger charge is -2.22. The molecule has 0 aromatic carbocycles. The van der Waals surface area contributed by atoms with Crippen molar-refractivity contribution in [2.24, 2.45) is 0 Å². The van der Waals surface area contributed by atoms with E-state index in [2.05, 4.69) is 28.6 Å². The topological polar surface area (TPSA) is 366 Å². The minimum Gasteiger partial charge on any atom is -0.561 e. The van der Waals surface area contributed by atoms with E-state index in [0.29, 0.717) is 5.70 Å². The summed E-state index contributed by atoms with van der Waals surface area (Å²) in [5, 5.41) is 39.2. The van der Waals surface area contributed by atoms with Crippen molar-refractivity contribution in [2.75, 3.05) is 13.2 Å². The summed E-state index contributed by atoms with van der Waals surface area (Å²) in [6.45, 7) is -2.05. The van der Waals surface area contributed by atoms with Gasteiger partial charge in [-0.3, -0.25) is 18.1 Å². The van der Waals surface area contributed by atoms with Crippen LogP contribution in [0.3, 0.4) is 0 Å². The molecule has 274 valence electrons. The molecule has 0 saturated carbocycles. The average Bonchev–Trinajstić information content (AvgIpc) is 3.89. The Morgan fingerprint density at radius 1 is 1.00 bits per heavy atom. The van der Waals surface area contributed by atoms with E-state index in [1.165, 1.54) is 17.2 Å². The second-order valence-corrected chi connectivity index (χ2v) is 15.3. The van der Waals surface area contributed by atoms with Gasteiger partial charge in [-0.15, -0.1) is 9.36 Å². The van der Waals surface area contributed by atoms with Crippen LogP contribution in [0.4, 0.5) is 0 Å². The highest BCUT2D eigenvalue weighted by molar-refractivity contribution is 7.61. The van der Waals surface area contributed by atoms with Crippen LogP contribution in [0.5, 0.6) is 0 Å². The number of hydrogen-bond donors (Lipinski definition) is 7. The lowest BCUT2D eigenvalue weighted by molar-refractivity contribution is -0.132. The predicted octanol–water partition coefficient (Wildman–Crippen LogP) is -2.65. The van der Waals surface area contributed by atoms with Crippen LogP contribution in [-0.2, 0) is 45.8 Å². The zero-order chi connectivity index (χ0) is 36.0. The maximum absolute atomic E-state index is 12.6. The van der Waals surface area contributed by atoms with Gasteiger partial charge in [0, 0.05) is 17.4 Å². The van der Waals surface area contributed by atoms with Gasteiger partial charge in [-0.1, -0.05) is 6.08 Å². The van der Waals surface area contributed by atoms with Crippen LogP contribution < -0.4 is 0 Å². The Bertz CT molecular complexity index is 2010. The molecule has 1 spiro atoms. The molecule has 9 N–H and O–H groups in total. The first kappa shape index (κ1) is 35.3. The second-order valence-electron chi connectivity index (χ2n) is 11.1. The third-order valence-corrected chi connectivity index (χ3v) is 11.1. The highest BCUT2D eigenvalue weighted by Crippen LogP contribution is 2.62. The number of ether oxygens (including phenoxy) is 2. The Kier molecular flexibility index (Phi) is 8.64. The number of carbonyl (C=O) groups excluding carboxylic acids is 1. The van der Waals surface area contributed by atoms with Crippen molar-refractivity contribution in [3.05, 3.63) is 36.2 Å². The predicted molar refractivity (Wildman–Crippen MR) is 150 cm³/mol. The van der Waals surface area contributed by atoms with E-state index in [-0.39, 0.29) is 29.0 Å². The van der Waals surface area contributed by atoms with Gasteiger partial charge in [-0.2, -0.15) is 4.31 Å². The first-order valence-corrected chi connectivity index (χ1v) is 18.5. The SMILES string of the molecule is O=C([OH2+])C1=CN2C(=CC1)[C@]21O[C@H](COP(=O)(O)OP(=O)(O)OC[C@H]2O[C@H](n3cnc4c(-n5oo5)ncnc43)[C@H](OP(=O)(O)O)[C@@H]2O)[C@@H](O)[C@H]1O. The van der Waals surface area contributed by atoms with E-state index in [0.717, 1.165) is 22.1 Å². The van der Waals surface area contributed by atoms with Gasteiger partial charge in [0.1, 0.15) is 48.5 Å². The van der Waals surface area contributed by atoms with E-state index < -0.39 is 91.2 Å². The molecule has 4 aliphatic rings. The van der Waals surface area contributed by atoms with Crippen LogP contribution in [-0.4, -0.2) is 131 Å². The van der Waals surface area contributed by atoms with E-state index in [1.54, 1.807) is 0 Å². The number of phosphoric ester groups is 3.